The van der Waals surface area contributed by atoms with Crippen LogP contribution < -0.4 is 0 Å². The summed E-state index contributed by atoms with van der Waals surface area (Å²) in [7, 11) is 0. The standard InChI is InChI=1S/C15H10F2O2/c16-13-7-3-1-5-10(13)12(9-15(18)19)11-6-2-4-8-14(11)17/h1-9H,(H,18,19). The van der Waals surface area contributed by atoms with Gasteiger partial charge in [0.1, 0.15) is 11.6 Å². The highest BCUT2D eigenvalue weighted by Crippen LogP contribution is 2.27. The van der Waals surface area contributed by atoms with Crippen molar-refractivity contribution < 1.29 is 18.7 Å². The van der Waals surface area contributed by atoms with Crippen LogP contribution >= 0.6 is 0 Å². The van der Waals surface area contributed by atoms with Crippen molar-refractivity contribution in [1.82, 2.24) is 0 Å². The Hall–Kier alpha value is -2.49. The van der Waals surface area contributed by atoms with Crippen molar-refractivity contribution in [2.45, 2.75) is 0 Å². The van der Waals surface area contributed by atoms with E-state index in [9.17, 15) is 13.6 Å². The molecule has 0 aromatic heterocycles. The van der Waals surface area contributed by atoms with Crippen LogP contribution in [0.25, 0.3) is 5.57 Å². The average molecular weight is 260 g/mol. The lowest BCUT2D eigenvalue weighted by atomic mass is 9.96. The number of carbonyl (C=O) groups is 1. The number of carboxylic acid groups (broad SMARTS) is 1. The maximum atomic E-state index is 13.8. The molecule has 0 aliphatic heterocycles. The van der Waals surface area contributed by atoms with Gasteiger partial charge < -0.3 is 5.11 Å². The monoisotopic (exact) mass is 260 g/mol. The number of rotatable bonds is 3. The third kappa shape index (κ3) is 2.85. The maximum absolute atomic E-state index is 13.8. The van der Waals surface area contributed by atoms with E-state index in [1.807, 2.05) is 0 Å². The highest BCUT2D eigenvalue weighted by Gasteiger charge is 2.14. The van der Waals surface area contributed by atoms with Gasteiger partial charge in [-0.1, -0.05) is 36.4 Å². The molecular formula is C15H10F2O2. The van der Waals surface area contributed by atoms with Crippen LogP contribution in [-0.4, -0.2) is 11.1 Å². The SMILES string of the molecule is O=C(O)C=C(c1ccccc1F)c1ccccc1F. The van der Waals surface area contributed by atoms with Crippen LogP contribution in [0.15, 0.2) is 54.6 Å². The Kier molecular flexibility index (Phi) is 3.71. The molecule has 2 nitrogen and oxygen atoms in total. The molecule has 0 saturated carbocycles. The van der Waals surface area contributed by atoms with Crippen molar-refractivity contribution in [1.29, 1.82) is 0 Å². The second-order valence-electron chi connectivity index (χ2n) is 3.86. The van der Waals surface area contributed by atoms with Crippen molar-refractivity contribution in [2.24, 2.45) is 0 Å². The topological polar surface area (TPSA) is 37.3 Å². The molecule has 0 heterocycles. The molecule has 0 atom stereocenters. The molecule has 2 aromatic rings. The molecule has 0 bridgehead atoms. The van der Waals surface area contributed by atoms with E-state index in [2.05, 4.69) is 0 Å². The van der Waals surface area contributed by atoms with Gasteiger partial charge in [-0.15, -0.1) is 0 Å². The minimum atomic E-state index is -1.26. The third-order valence-corrected chi connectivity index (χ3v) is 2.60. The Morgan fingerprint density at radius 1 is 0.895 bits per heavy atom. The van der Waals surface area contributed by atoms with Gasteiger partial charge in [0.2, 0.25) is 0 Å². The fraction of sp³-hybridized carbons (Fsp3) is 0. The molecule has 0 saturated heterocycles. The van der Waals surface area contributed by atoms with Crippen LogP contribution in [0.2, 0.25) is 0 Å². The number of aliphatic carboxylic acids is 1. The van der Waals surface area contributed by atoms with Crippen LogP contribution in [0.1, 0.15) is 11.1 Å². The lowest BCUT2D eigenvalue weighted by Gasteiger charge is -2.09. The molecule has 19 heavy (non-hydrogen) atoms. The molecule has 1 N–H and O–H groups in total. The molecule has 0 spiro atoms. The van der Waals surface area contributed by atoms with Gasteiger partial charge in [-0.2, -0.15) is 0 Å². The van der Waals surface area contributed by atoms with E-state index in [1.54, 1.807) is 12.1 Å². The molecule has 0 unspecified atom stereocenters. The minimum Gasteiger partial charge on any atom is -0.478 e. The van der Waals surface area contributed by atoms with Crippen molar-refractivity contribution in [3.05, 3.63) is 77.4 Å². The number of benzene rings is 2. The van der Waals surface area contributed by atoms with Gasteiger partial charge in [-0.25, -0.2) is 13.6 Å². The number of hydrogen-bond donors (Lipinski definition) is 1. The predicted octanol–water partition coefficient (Wildman–Crippen LogP) is 3.48. The van der Waals surface area contributed by atoms with Gasteiger partial charge in [0.05, 0.1) is 0 Å². The summed E-state index contributed by atoms with van der Waals surface area (Å²) in [5, 5.41) is 8.87. The Morgan fingerprint density at radius 3 is 1.68 bits per heavy atom. The Bertz CT molecular complexity index is 601. The molecule has 0 radical (unpaired) electrons. The van der Waals surface area contributed by atoms with E-state index >= 15 is 0 Å². The van der Waals surface area contributed by atoms with Gasteiger partial charge in [0.25, 0.3) is 0 Å². The first-order valence-electron chi connectivity index (χ1n) is 5.54. The van der Waals surface area contributed by atoms with Crippen molar-refractivity contribution in [2.75, 3.05) is 0 Å². The summed E-state index contributed by atoms with van der Waals surface area (Å²) in [6, 6.07) is 11.3. The van der Waals surface area contributed by atoms with Gasteiger partial charge in [-0.3, -0.25) is 0 Å². The fourth-order valence-corrected chi connectivity index (χ4v) is 1.78. The zero-order valence-corrected chi connectivity index (χ0v) is 9.81. The number of halogens is 2. The fourth-order valence-electron chi connectivity index (χ4n) is 1.78. The maximum Gasteiger partial charge on any atom is 0.328 e. The van der Waals surface area contributed by atoms with Crippen LogP contribution in [0.4, 0.5) is 8.78 Å². The zero-order valence-electron chi connectivity index (χ0n) is 9.81. The smallest absolute Gasteiger partial charge is 0.328 e. The quantitative estimate of drug-likeness (QED) is 0.858. The first-order chi connectivity index (χ1) is 9.09. The molecule has 2 aromatic carbocycles. The first-order valence-corrected chi connectivity index (χ1v) is 5.54. The summed E-state index contributed by atoms with van der Waals surface area (Å²) >= 11 is 0. The van der Waals surface area contributed by atoms with E-state index < -0.39 is 17.6 Å². The van der Waals surface area contributed by atoms with E-state index in [-0.39, 0.29) is 16.7 Å². The molecule has 0 aliphatic carbocycles. The highest BCUT2D eigenvalue weighted by molar-refractivity contribution is 5.95. The molecule has 0 fully saturated rings. The van der Waals surface area contributed by atoms with Gasteiger partial charge in [0, 0.05) is 22.8 Å². The summed E-state index contributed by atoms with van der Waals surface area (Å²) in [5.41, 5.74) is 0.105. The van der Waals surface area contributed by atoms with E-state index in [1.165, 1.54) is 36.4 Å². The summed E-state index contributed by atoms with van der Waals surface area (Å²) in [6.07, 6.45) is 0.802. The summed E-state index contributed by atoms with van der Waals surface area (Å²) in [5.74, 6) is -2.46. The molecule has 96 valence electrons. The van der Waals surface area contributed by atoms with E-state index in [0.717, 1.165) is 6.08 Å². The molecule has 0 aliphatic rings. The Morgan fingerprint density at radius 2 is 1.32 bits per heavy atom. The van der Waals surface area contributed by atoms with Crippen LogP contribution in [0.3, 0.4) is 0 Å². The molecule has 4 heteroatoms. The van der Waals surface area contributed by atoms with Gasteiger partial charge in [-0.05, 0) is 12.1 Å². The van der Waals surface area contributed by atoms with Crippen molar-refractivity contribution in [3.63, 3.8) is 0 Å². The van der Waals surface area contributed by atoms with Gasteiger partial charge >= 0.3 is 5.97 Å². The lowest BCUT2D eigenvalue weighted by Crippen LogP contribution is -1.99. The Balaban J connectivity index is 2.66. The largest absolute Gasteiger partial charge is 0.478 e. The second kappa shape index (κ2) is 5.44. The summed E-state index contributed by atoms with van der Waals surface area (Å²) in [4.78, 5) is 10.9. The van der Waals surface area contributed by atoms with Crippen LogP contribution in [0, 0.1) is 11.6 Å². The van der Waals surface area contributed by atoms with E-state index in [0.29, 0.717) is 0 Å². The van der Waals surface area contributed by atoms with Crippen molar-refractivity contribution in [3.8, 4) is 0 Å². The van der Waals surface area contributed by atoms with Gasteiger partial charge in [0.15, 0.2) is 0 Å². The zero-order chi connectivity index (χ0) is 13.8. The molecular weight excluding hydrogens is 250 g/mol. The summed E-state index contributed by atoms with van der Waals surface area (Å²) in [6.45, 7) is 0. The first kappa shape index (κ1) is 13.0. The minimum absolute atomic E-state index is 0.00343. The van der Waals surface area contributed by atoms with E-state index in [4.69, 9.17) is 5.11 Å². The number of hydrogen-bond acceptors (Lipinski definition) is 1. The molecule has 0 amide bonds. The normalized spacial score (nSPS) is 10.0. The third-order valence-electron chi connectivity index (χ3n) is 2.60. The highest BCUT2D eigenvalue weighted by atomic mass is 19.1. The average Bonchev–Trinajstić information content (AvgIpc) is 2.37. The number of carboxylic acids is 1. The van der Waals surface area contributed by atoms with Crippen LogP contribution in [0.5, 0.6) is 0 Å². The Labute approximate surface area is 108 Å². The summed E-state index contributed by atoms with van der Waals surface area (Å²) < 4.78 is 27.5. The molecule has 2 rings (SSSR count). The second-order valence-corrected chi connectivity index (χ2v) is 3.86. The van der Waals surface area contributed by atoms with Crippen LogP contribution in [-0.2, 0) is 4.79 Å². The van der Waals surface area contributed by atoms with Crippen molar-refractivity contribution >= 4 is 11.5 Å². The predicted molar refractivity (Wildman–Crippen MR) is 67.5 cm³/mol. The lowest BCUT2D eigenvalue weighted by molar-refractivity contribution is -0.131.